The maximum atomic E-state index is 12.3. The lowest BCUT2D eigenvalue weighted by Crippen LogP contribution is -2.00. The maximum absolute atomic E-state index is 12.3. The molecule has 0 aliphatic carbocycles. The lowest BCUT2D eigenvalue weighted by Gasteiger charge is -2.12. The third kappa shape index (κ3) is 3.94. The van der Waals surface area contributed by atoms with Crippen molar-refractivity contribution in [2.75, 3.05) is 20.0 Å². The van der Waals surface area contributed by atoms with Gasteiger partial charge in [0.2, 0.25) is 0 Å². The fourth-order valence-corrected chi connectivity index (χ4v) is 3.55. The summed E-state index contributed by atoms with van der Waals surface area (Å²) in [6.07, 6.45) is 1.14. The Labute approximate surface area is 164 Å². The molecule has 0 saturated carbocycles. The number of carbonyl (C=O) groups excluding carboxylic acids is 1. The van der Waals surface area contributed by atoms with E-state index in [0.29, 0.717) is 34.0 Å². The number of benzene rings is 2. The van der Waals surface area contributed by atoms with Crippen LogP contribution in [0, 0.1) is 0 Å². The molecule has 28 heavy (non-hydrogen) atoms. The van der Waals surface area contributed by atoms with Crippen molar-refractivity contribution in [1.82, 2.24) is 0 Å². The zero-order valence-corrected chi connectivity index (χ0v) is 16.6. The quantitative estimate of drug-likeness (QED) is 0.546. The molecule has 0 fully saturated rings. The van der Waals surface area contributed by atoms with Crippen molar-refractivity contribution in [3.8, 4) is 11.5 Å². The van der Waals surface area contributed by atoms with E-state index in [2.05, 4.69) is 6.58 Å². The first kappa shape index (κ1) is 19.7. The Morgan fingerprint density at radius 3 is 2.29 bits per heavy atom. The van der Waals surface area contributed by atoms with Crippen LogP contribution in [0.3, 0.4) is 0 Å². The Hall–Kier alpha value is -3.06. The van der Waals surface area contributed by atoms with Crippen LogP contribution in [-0.2, 0) is 19.4 Å². The molecule has 0 amide bonds. The molecule has 6 nitrogen and oxygen atoms in total. The average molecular weight is 400 g/mol. The molecule has 2 aromatic rings. The van der Waals surface area contributed by atoms with Crippen LogP contribution in [0.15, 0.2) is 59.7 Å². The van der Waals surface area contributed by atoms with Crippen molar-refractivity contribution in [2.24, 2.45) is 0 Å². The van der Waals surface area contributed by atoms with Crippen LogP contribution >= 0.6 is 0 Å². The summed E-state index contributed by atoms with van der Waals surface area (Å²) in [6, 6.07) is 11.5. The molecule has 1 heterocycles. The van der Waals surface area contributed by atoms with E-state index in [1.807, 2.05) is 6.07 Å². The van der Waals surface area contributed by atoms with Gasteiger partial charge in [0.15, 0.2) is 21.3 Å². The molecule has 1 aliphatic rings. The molecular formula is C21H20O6S. The van der Waals surface area contributed by atoms with Gasteiger partial charge in [-0.1, -0.05) is 24.8 Å². The summed E-state index contributed by atoms with van der Waals surface area (Å²) >= 11 is 0. The Bertz CT molecular complexity index is 1080. The second-order valence-electron chi connectivity index (χ2n) is 6.40. The van der Waals surface area contributed by atoms with Gasteiger partial charge in [-0.3, -0.25) is 0 Å². The fourth-order valence-electron chi connectivity index (χ4n) is 2.92. The van der Waals surface area contributed by atoms with E-state index in [4.69, 9.17) is 14.2 Å². The topological polar surface area (TPSA) is 78.9 Å². The minimum atomic E-state index is -3.32. The third-order valence-electron chi connectivity index (χ3n) is 4.22. The summed E-state index contributed by atoms with van der Waals surface area (Å²) in [6.45, 7) is 5.57. The molecule has 7 heteroatoms. The van der Waals surface area contributed by atoms with Crippen molar-refractivity contribution >= 4 is 27.0 Å². The van der Waals surface area contributed by atoms with E-state index in [1.165, 1.54) is 19.2 Å². The second kappa shape index (κ2) is 7.52. The SMILES string of the molecule is C=C(C)Oc1ccc(C2=C(c3ccc(S(C)(=O)=O)cc3)C(=O)OC2)cc1OC. The third-order valence-corrected chi connectivity index (χ3v) is 5.35. The van der Waals surface area contributed by atoms with E-state index in [9.17, 15) is 13.2 Å². The first-order valence-electron chi connectivity index (χ1n) is 8.43. The summed E-state index contributed by atoms with van der Waals surface area (Å²) in [5.74, 6) is 1.09. The number of sulfone groups is 1. The number of cyclic esters (lactones) is 1. The van der Waals surface area contributed by atoms with Gasteiger partial charge in [-0.2, -0.15) is 0 Å². The normalized spacial score (nSPS) is 14.0. The molecule has 0 aromatic heterocycles. The number of rotatable bonds is 6. The van der Waals surface area contributed by atoms with Gasteiger partial charge in [-0.25, -0.2) is 13.2 Å². The number of hydrogen-bond acceptors (Lipinski definition) is 6. The highest BCUT2D eigenvalue weighted by Crippen LogP contribution is 2.37. The minimum absolute atomic E-state index is 0.117. The van der Waals surface area contributed by atoms with E-state index in [1.54, 1.807) is 31.2 Å². The van der Waals surface area contributed by atoms with Crippen molar-refractivity contribution < 1.29 is 27.4 Å². The summed E-state index contributed by atoms with van der Waals surface area (Å²) in [5.41, 5.74) is 2.43. The molecule has 146 valence electrons. The van der Waals surface area contributed by atoms with Crippen LogP contribution < -0.4 is 9.47 Å². The average Bonchev–Trinajstić information content (AvgIpc) is 3.02. The molecule has 1 aliphatic heterocycles. The minimum Gasteiger partial charge on any atom is -0.493 e. The van der Waals surface area contributed by atoms with E-state index >= 15 is 0 Å². The Kier molecular flexibility index (Phi) is 5.29. The molecule has 3 rings (SSSR count). The monoisotopic (exact) mass is 400 g/mol. The zero-order valence-electron chi connectivity index (χ0n) is 15.8. The van der Waals surface area contributed by atoms with Gasteiger partial charge in [-0.05, 0) is 42.3 Å². The summed E-state index contributed by atoms with van der Waals surface area (Å²) < 4.78 is 39.5. The molecule has 0 bridgehead atoms. The zero-order chi connectivity index (χ0) is 20.5. The second-order valence-corrected chi connectivity index (χ2v) is 8.41. The van der Waals surface area contributed by atoms with Crippen LogP contribution in [0.1, 0.15) is 18.1 Å². The molecule has 0 atom stereocenters. The van der Waals surface area contributed by atoms with Gasteiger partial charge in [0, 0.05) is 11.8 Å². The van der Waals surface area contributed by atoms with Crippen molar-refractivity contribution in [3.63, 3.8) is 0 Å². The van der Waals surface area contributed by atoms with E-state index in [-0.39, 0.29) is 11.5 Å². The molecule has 0 N–H and O–H groups in total. The van der Waals surface area contributed by atoms with Gasteiger partial charge in [0.25, 0.3) is 0 Å². The number of methoxy groups -OCH3 is 1. The van der Waals surface area contributed by atoms with Crippen molar-refractivity contribution in [3.05, 3.63) is 65.9 Å². The Morgan fingerprint density at radius 2 is 1.71 bits per heavy atom. The first-order chi connectivity index (χ1) is 13.2. The molecule has 0 spiro atoms. The van der Waals surface area contributed by atoms with Gasteiger partial charge < -0.3 is 14.2 Å². The van der Waals surface area contributed by atoms with E-state index < -0.39 is 15.8 Å². The predicted octanol–water partition coefficient (Wildman–Crippen LogP) is 3.48. The van der Waals surface area contributed by atoms with Crippen LogP contribution in [0.4, 0.5) is 0 Å². The number of allylic oxidation sites excluding steroid dienone is 1. The summed E-state index contributed by atoms with van der Waals surface area (Å²) in [5, 5.41) is 0. The van der Waals surface area contributed by atoms with Crippen LogP contribution in [0.5, 0.6) is 11.5 Å². The highest BCUT2D eigenvalue weighted by atomic mass is 32.2. The largest absolute Gasteiger partial charge is 0.493 e. The number of carbonyl (C=O) groups is 1. The van der Waals surface area contributed by atoms with Crippen LogP contribution in [0.2, 0.25) is 0 Å². The molecule has 2 aromatic carbocycles. The molecule has 0 unspecified atom stereocenters. The van der Waals surface area contributed by atoms with Crippen LogP contribution in [-0.4, -0.2) is 34.4 Å². The highest BCUT2D eigenvalue weighted by molar-refractivity contribution is 7.90. The van der Waals surface area contributed by atoms with Crippen molar-refractivity contribution in [1.29, 1.82) is 0 Å². The summed E-state index contributed by atoms with van der Waals surface area (Å²) in [7, 11) is -1.79. The standard InChI is InChI=1S/C21H20O6S/c1-13(2)27-18-10-7-15(11-19(18)25-3)17-12-26-21(22)20(17)14-5-8-16(9-6-14)28(4,23)24/h5-11H,1,12H2,2-4H3. The van der Waals surface area contributed by atoms with Gasteiger partial charge >= 0.3 is 5.97 Å². The summed E-state index contributed by atoms with van der Waals surface area (Å²) in [4.78, 5) is 12.5. The number of ether oxygens (including phenoxy) is 3. The number of esters is 1. The lowest BCUT2D eigenvalue weighted by atomic mass is 9.96. The van der Waals surface area contributed by atoms with Crippen LogP contribution in [0.25, 0.3) is 11.1 Å². The smallest absolute Gasteiger partial charge is 0.339 e. The Morgan fingerprint density at radius 1 is 1.07 bits per heavy atom. The van der Waals surface area contributed by atoms with Gasteiger partial charge in [0.05, 0.1) is 23.3 Å². The fraction of sp³-hybridized carbons (Fsp3) is 0.190. The number of hydrogen-bond donors (Lipinski definition) is 0. The first-order valence-corrected chi connectivity index (χ1v) is 10.3. The lowest BCUT2D eigenvalue weighted by molar-refractivity contribution is -0.133. The molecular weight excluding hydrogens is 380 g/mol. The Balaban J connectivity index is 2.07. The van der Waals surface area contributed by atoms with E-state index in [0.717, 1.165) is 11.8 Å². The van der Waals surface area contributed by atoms with Gasteiger partial charge in [0.1, 0.15) is 6.61 Å². The maximum Gasteiger partial charge on any atom is 0.339 e. The predicted molar refractivity (Wildman–Crippen MR) is 106 cm³/mol. The molecule has 0 saturated heterocycles. The highest BCUT2D eigenvalue weighted by Gasteiger charge is 2.28. The van der Waals surface area contributed by atoms with Crippen molar-refractivity contribution in [2.45, 2.75) is 11.8 Å². The van der Waals surface area contributed by atoms with Gasteiger partial charge in [-0.15, -0.1) is 0 Å². The molecule has 0 radical (unpaired) electrons.